The lowest BCUT2D eigenvalue weighted by molar-refractivity contribution is 0.559. The summed E-state index contributed by atoms with van der Waals surface area (Å²) in [4.78, 5) is 23.9. The Kier molecular flexibility index (Phi) is 6.09. The maximum atomic E-state index is 11.9. The molecule has 0 saturated heterocycles. The van der Waals surface area contributed by atoms with Crippen molar-refractivity contribution in [2.75, 3.05) is 0 Å². The van der Waals surface area contributed by atoms with E-state index in [9.17, 15) is 9.59 Å². The molecule has 0 spiro atoms. The molecule has 0 saturated carbocycles. The highest BCUT2D eigenvalue weighted by Gasteiger charge is 2.12. The van der Waals surface area contributed by atoms with Crippen LogP contribution in [0.15, 0.2) is 75.6 Å². The zero-order valence-corrected chi connectivity index (χ0v) is 20.2. The Labute approximate surface area is 201 Å². The summed E-state index contributed by atoms with van der Waals surface area (Å²) < 4.78 is 12.3. The van der Waals surface area contributed by atoms with Gasteiger partial charge in [-0.2, -0.15) is 0 Å². The molecule has 6 nitrogen and oxygen atoms in total. The second-order valence-corrected chi connectivity index (χ2v) is 11.0. The van der Waals surface area contributed by atoms with Crippen LogP contribution in [0.4, 0.5) is 0 Å². The molecule has 0 radical (unpaired) electrons. The molecule has 2 aromatic carbocycles. The lowest BCUT2D eigenvalue weighted by atomic mass is 10.1. The average Bonchev–Trinajstić information content (AvgIpc) is 3.24. The highest BCUT2D eigenvalue weighted by molar-refractivity contribution is 8.02. The molecule has 3 heterocycles. The molecule has 0 aliphatic rings. The molecule has 33 heavy (non-hydrogen) atoms. The molecule has 0 fully saturated rings. The molecule has 0 amide bonds. The minimum absolute atomic E-state index is 0.356. The second kappa shape index (κ2) is 9.17. The number of fused-ring (bicyclic) bond motifs is 2. The van der Waals surface area contributed by atoms with Gasteiger partial charge in [-0.1, -0.05) is 58.1 Å². The van der Waals surface area contributed by atoms with Gasteiger partial charge in [0.15, 0.2) is 8.68 Å². The molecule has 0 aliphatic heterocycles. The number of thioether (sulfide) groups is 2. The van der Waals surface area contributed by atoms with Gasteiger partial charge in [0.05, 0.1) is 0 Å². The van der Waals surface area contributed by atoms with Gasteiger partial charge in [0.1, 0.15) is 11.2 Å². The summed E-state index contributed by atoms with van der Waals surface area (Å²) >= 11 is 4.57. The topological polar surface area (TPSA) is 86.2 Å². The maximum Gasteiger partial charge on any atom is 0.336 e. The van der Waals surface area contributed by atoms with E-state index in [0.29, 0.717) is 22.7 Å². The van der Waals surface area contributed by atoms with Gasteiger partial charge >= 0.3 is 11.3 Å². The number of aromatic nitrogens is 2. The van der Waals surface area contributed by atoms with Gasteiger partial charge < -0.3 is 8.83 Å². The summed E-state index contributed by atoms with van der Waals surface area (Å²) in [6.07, 6.45) is 0. The largest absolute Gasteiger partial charge is 0.423 e. The second-order valence-electron chi connectivity index (χ2n) is 7.59. The monoisotopic (exact) mass is 494 g/mol. The predicted octanol–water partition coefficient (Wildman–Crippen LogP) is 5.95. The van der Waals surface area contributed by atoms with E-state index >= 15 is 0 Å². The Bertz CT molecular complexity index is 1490. The molecule has 5 rings (SSSR count). The van der Waals surface area contributed by atoms with Crippen LogP contribution in [-0.4, -0.2) is 10.2 Å². The van der Waals surface area contributed by atoms with Gasteiger partial charge in [0.25, 0.3) is 0 Å². The molecule has 166 valence electrons. The summed E-state index contributed by atoms with van der Waals surface area (Å²) in [5.41, 5.74) is 4.51. The van der Waals surface area contributed by atoms with E-state index in [2.05, 4.69) is 10.2 Å². The van der Waals surface area contributed by atoms with Gasteiger partial charge in [-0.15, -0.1) is 10.2 Å². The normalized spacial score (nSPS) is 11.5. The van der Waals surface area contributed by atoms with Gasteiger partial charge in [-0.3, -0.25) is 0 Å². The van der Waals surface area contributed by atoms with Crippen molar-refractivity contribution in [1.29, 1.82) is 0 Å². The summed E-state index contributed by atoms with van der Waals surface area (Å²) in [5, 5.41) is 10.4. The first kappa shape index (κ1) is 21.9. The number of aryl methyl sites for hydroxylation is 2. The van der Waals surface area contributed by atoms with Gasteiger partial charge in [-0.25, -0.2) is 9.59 Å². The van der Waals surface area contributed by atoms with Crippen LogP contribution in [0.25, 0.3) is 21.9 Å². The fourth-order valence-corrected chi connectivity index (χ4v) is 6.52. The Balaban J connectivity index is 1.31. The SMILES string of the molecule is Cc1ccc2oc(=O)cc(CSc3nnc(SCc4cc(=O)oc5ccc(C)cc45)s3)c2c1. The van der Waals surface area contributed by atoms with Crippen molar-refractivity contribution in [1.82, 2.24) is 10.2 Å². The highest BCUT2D eigenvalue weighted by atomic mass is 32.2. The Morgan fingerprint density at radius 2 is 1.18 bits per heavy atom. The van der Waals surface area contributed by atoms with E-state index in [1.54, 1.807) is 12.1 Å². The third-order valence-electron chi connectivity index (χ3n) is 5.06. The number of hydrogen-bond donors (Lipinski definition) is 0. The summed E-state index contributed by atoms with van der Waals surface area (Å²) in [6, 6.07) is 14.6. The van der Waals surface area contributed by atoms with Crippen LogP contribution in [0.2, 0.25) is 0 Å². The molecule has 9 heteroatoms. The zero-order chi connectivity index (χ0) is 22.9. The summed E-state index contributed by atoms with van der Waals surface area (Å²) in [6.45, 7) is 4.02. The Hall–Kier alpha value is -2.88. The molecular weight excluding hydrogens is 476 g/mol. The lowest BCUT2D eigenvalue weighted by Gasteiger charge is -2.05. The van der Waals surface area contributed by atoms with Crippen molar-refractivity contribution in [2.24, 2.45) is 0 Å². The molecule has 0 unspecified atom stereocenters. The summed E-state index contributed by atoms with van der Waals surface area (Å²) in [7, 11) is 0. The fourth-order valence-electron chi connectivity index (χ4n) is 3.51. The first-order valence-electron chi connectivity index (χ1n) is 10.1. The molecule has 0 N–H and O–H groups in total. The fraction of sp³-hybridized carbons (Fsp3) is 0.167. The molecule has 0 atom stereocenters. The summed E-state index contributed by atoms with van der Waals surface area (Å²) in [5.74, 6) is 1.18. The number of hydrogen-bond acceptors (Lipinski definition) is 9. The van der Waals surface area contributed by atoms with Crippen molar-refractivity contribution < 1.29 is 8.83 Å². The van der Waals surface area contributed by atoms with Crippen LogP contribution in [0.3, 0.4) is 0 Å². The molecule has 5 aromatic rings. The number of rotatable bonds is 6. The first-order valence-corrected chi connectivity index (χ1v) is 12.9. The zero-order valence-electron chi connectivity index (χ0n) is 17.8. The van der Waals surface area contributed by atoms with E-state index in [0.717, 1.165) is 41.7 Å². The minimum Gasteiger partial charge on any atom is -0.423 e. The molecule has 0 bridgehead atoms. The van der Waals surface area contributed by atoms with Crippen molar-refractivity contribution >= 4 is 56.8 Å². The molecule has 0 aliphatic carbocycles. The highest BCUT2D eigenvalue weighted by Crippen LogP contribution is 2.34. The van der Waals surface area contributed by atoms with Crippen molar-refractivity contribution in [3.63, 3.8) is 0 Å². The van der Waals surface area contributed by atoms with E-state index in [1.165, 1.54) is 34.9 Å². The first-order chi connectivity index (χ1) is 15.9. The lowest BCUT2D eigenvalue weighted by Crippen LogP contribution is -2.00. The maximum absolute atomic E-state index is 11.9. The van der Waals surface area contributed by atoms with Crippen LogP contribution < -0.4 is 11.3 Å². The quantitative estimate of drug-likeness (QED) is 0.211. The minimum atomic E-state index is -0.356. The van der Waals surface area contributed by atoms with Crippen LogP contribution in [0.1, 0.15) is 22.3 Å². The van der Waals surface area contributed by atoms with E-state index in [4.69, 9.17) is 8.83 Å². The van der Waals surface area contributed by atoms with Crippen molar-refractivity contribution in [2.45, 2.75) is 34.0 Å². The third-order valence-corrected chi connectivity index (χ3v) is 8.35. The van der Waals surface area contributed by atoms with Crippen LogP contribution in [0.5, 0.6) is 0 Å². The van der Waals surface area contributed by atoms with Gasteiger partial charge in [0.2, 0.25) is 0 Å². The average molecular weight is 495 g/mol. The van der Waals surface area contributed by atoms with Crippen LogP contribution >= 0.6 is 34.9 Å². The van der Waals surface area contributed by atoms with Gasteiger partial charge in [-0.05, 0) is 49.2 Å². The molecular formula is C24H18N2O4S3. The number of benzene rings is 2. The van der Waals surface area contributed by atoms with Crippen LogP contribution in [0, 0.1) is 13.8 Å². The third kappa shape index (κ3) is 4.90. The standard InChI is InChI=1S/C24H18N2O4S3/c1-13-3-5-19-17(7-13)15(9-21(27)29-19)11-31-23-25-26-24(33-23)32-12-16-10-22(28)30-20-6-4-14(2)8-18(16)20/h3-10H,11-12H2,1-2H3. The van der Waals surface area contributed by atoms with E-state index < -0.39 is 0 Å². The predicted molar refractivity (Wildman–Crippen MR) is 133 cm³/mol. The van der Waals surface area contributed by atoms with E-state index in [1.807, 2.05) is 50.2 Å². The van der Waals surface area contributed by atoms with E-state index in [-0.39, 0.29) is 11.3 Å². The van der Waals surface area contributed by atoms with Crippen molar-refractivity contribution in [3.05, 3.63) is 91.6 Å². The Morgan fingerprint density at radius 3 is 1.64 bits per heavy atom. The van der Waals surface area contributed by atoms with Crippen molar-refractivity contribution in [3.8, 4) is 0 Å². The molecule has 3 aromatic heterocycles. The Morgan fingerprint density at radius 1 is 0.727 bits per heavy atom. The van der Waals surface area contributed by atoms with Gasteiger partial charge in [0, 0.05) is 34.4 Å². The smallest absolute Gasteiger partial charge is 0.336 e. The van der Waals surface area contributed by atoms with Crippen LogP contribution in [-0.2, 0) is 11.5 Å². The number of nitrogens with zero attached hydrogens (tertiary/aromatic N) is 2.